The lowest BCUT2D eigenvalue weighted by Crippen LogP contribution is -2.47. The van der Waals surface area contributed by atoms with Gasteiger partial charge in [-0.2, -0.15) is 0 Å². The lowest BCUT2D eigenvalue weighted by molar-refractivity contribution is -0.0760. The Morgan fingerprint density at radius 3 is 2.50 bits per heavy atom. The van der Waals surface area contributed by atoms with Gasteiger partial charge in [0.1, 0.15) is 5.67 Å². The van der Waals surface area contributed by atoms with Crippen molar-refractivity contribution in [3.05, 3.63) is 0 Å². The lowest BCUT2D eigenvalue weighted by Gasteiger charge is -2.49. The van der Waals surface area contributed by atoms with Crippen molar-refractivity contribution in [3.8, 4) is 0 Å². The Kier molecular flexibility index (Phi) is 1.28. The van der Waals surface area contributed by atoms with E-state index in [4.69, 9.17) is 5.11 Å². The van der Waals surface area contributed by atoms with Crippen molar-refractivity contribution in [1.82, 2.24) is 0 Å². The molecule has 2 heteroatoms. The van der Waals surface area contributed by atoms with Crippen LogP contribution in [0.1, 0.15) is 25.7 Å². The minimum atomic E-state index is -0.865. The molecule has 3 fully saturated rings. The summed E-state index contributed by atoms with van der Waals surface area (Å²) < 4.78 is 13.3. The predicted octanol–water partition coefficient (Wildman–Crippen LogP) is 1.51. The Bertz CT molecular complexity index is 140. The van der Waals surface area contributed by atoms with E-state index >= 15 is 0 Å². The average molecular weight is 144 g/mol. The molecule has 0 spiro atoms. The Morgan fingerprint density at radius 1 is 1.40 bits per heavy atom. The van der Waals surface area contributed by atoms with Gasteiger partial charge >= 0.3 is 0 Å². The first-order valence-electron chi connectivity index (χ1n) is 4.02. The van der Waals surface area contributed by atoms with Crippen LogP contribution >= 0.6 is 0 Å². The second kappa shape index (κ2) is 1.94. The number of alkyl halides is 1. The number of rotatable bonds is 1. The third-order valence-electron chi connectivity index (χ3n) is 2.89. The van der Waals surface area contributed by atoms with E-state index in [1.165, 1.54) is 0 Å². The third kappa shape index (κ3) is 0.858. The smallest absolute Gasteiger partial charge is 0.112 e. The lowest BCUT2D eigenvalue weighted by atomic mass is 9.59. The fraction of sp³-hybridized carbons (Fsp3) is 1.00. The van der Waals surface area contributed by atoms with Crippen LogP contribution in [-0.4, -0.2) is 17.4 Å². The summed E-state index contributed by atoms with van der Waals surface area (Å²) in [5, 5.41) is 8.78. The largest absolute Gasteiger partial charge is 0.396 e. The highest BCUT2D eigenvalue weighted by Crippen LogP contribution is 2.53. The monoisotopic (exact) mass is 144 g/mol. The van der Waals surface area contributed by atoms with Gasteiger partial charge in [-0.05, 0) is 37.5 Å². The summed E-state index contributed by atoms with van der Waals surface area (Å²) >= 11 is 0. The molecule has 0 aromatic rings. The van der Waals surface area contributed by atoms with Crippen molar-refractivity contribution in [3.63, 3.8) is 0 Å². The fourth-order valence-electron chi connectivity index (χ4n) is 2.52. The molecule has 3 rings (SSSR count). The number of aliphatic hydroxyl groups is 1. The number of aliphatic hydroxyl groups excluding tert-OH is 1. The van der Waals surface area contributed by atoms with Gasteiger partial charge in [-0.25, -0.2) is 4.39 Å². The maximum Gasteiger partial charge on any atom is 0.112 e. The van der Waals surface area contributed by atoms with Gasteiger partial charge in [0.25, 0.3) is 0 Å². The summed E-state index contributed by atoms with van der Waals surface area (Å²) in [7, 11) is 0. The molecule has 0 saturated heterocycles. The summed E-state index contributed by atoms with van der Waals surface area (Å²) in [6, 6.07) is 0. The summed E-state index contributed by atoms with van der Waals surface area (Å²) in [5.74, 6) is 0.855. The van der Waals surface area contributed by atoms with Crippen LogP contribution in [0, 0.1) is 11.8 Å². The van der Waals surface area contributed by atoms with Gasteiger partial charge in [-0.15, -0.1) is 0 Å². The Hall–Kier alpha value is -0.110. The highest BCUT2D eigenvalue weighted by atomic mass is 19.1. The van der Waals surface area contributed by atoms with Crippen LogP contribution < -0.4 is 0 Å². The maximum absolute atomic E-state index is 13.3. The molecule has 10 heavy (non-hydrogen) atoms. The van der Waals surface area contributed by atoms with Crippen LogP contribution in [0.15, 0.2) is 0 Å². The minimum absolute atomic E-state index is 0.183. The molecule has 0 aliphatic heterocycles. The Balaban J connectivity index is 1.98. The molecule has 1 N–H and O–H groups in total. The molecule has 2 bridgehead atoms. The summed E-state index contributed by atoms with van der Waals surface area (Å²) in [4.78, 5) is 0. The predicted molar refractivity (Wildman–Crippen MR) is 36.4 cm³/mol. The average Bonchev–Trinajstić information content (AvgIpc) is 1.85. The Labute approximate surface area is 60.2 Å². The number of hydrogen-bond acceptors (Lipinski definition) is 1. The molecule has 0 heterocycles. The van der Waals surface area contributed by atoms with E-state index in [1.807, 2.05) is 0 Å². The first kappa shape index (κ1) is 6.59. The normalized spacial score (nSPS) is 52.2. The molecule has 0 radical (unpaired) electrons. The van der Waals surface area contributed by atoms with Crippen LogP contribution in [-0.2, 0) is 0 Å². The molecule has 1 nitrogen and oxygen atoms in total. The van der Waals surface area contributed by atoms with Crippen molar-refractivity contribution in [2.24, 2.45) is 11.8 Å². The molecular formula is C8H13FO. The topological polar surface area (TPSA) is 20.2 Å². The van der Waals surface area contributed by atoms with E-state index in [2.05, 4.69) is 0 Å². The number of halogens is 1. The standard InChI is InChI=1S/C8H13FO/c9-8-2-6(3-8)1-7(4-8)5-10/h6-7,10H,1-5H2. The van der Waals surface area contributed by atoms with Gasteiger partial charge in [-0.1, -0.05) is 0 Å². The molecule has 0 amide bonds. The molecule has 3 aliphatic rings. The van der Waals surface area contributed by atoms with Crippen molar-refractivity contribution < 1.29 is 9.50 Å². The van der Waals surface area contributed by atoms with Crippen molar-refractivity contribution >= 4 is 0 Å². The second-order valence-corrected chi connectivity index (χ2v) is 3.91. The SMILES string of the molecule is OCC1CC2CC(F)(C1)C2. The summed E-state index contributed by atoms with van der Waals surface area (Å²) in [6.07, 6.45) is 3.20. The van der Waals surface area contributed by atoms with Crippen molar-refractivity contribution in [2.75, 3.05) is 6.61 Å². The summed E-state index contributed by atoms with van der Waals surface area (Å²) in [6.45, 7) is 0.183. The van der Waals surface area contributed by atoms with Gasteiger partial charge in [0.15, 0.2) is 0 Å². The van der Waals surface area contributed by atoms with Crippen LogP contribution in [0.4, 0.5) is 4.39 Å². The zero-order valence-corrected chi connectivity index (χ0v) is 6.02. The highest BCUT2D eigenvalue weighted by Gasteiger charge is 2.50. The quantitative estimate of drug-likeness (QED) is 0.591. The first-order chi connectivity index (χ1) is 4.72. The zero-order chi connectivity index (χ0) is 7.19. The molecule has 3 saturated carbocycles. The molecule has 0 aromatic heterocycles. The summed E-state index contributed by atoms with van der Waals surface area (Å²) in [5.41, 5.74) is -0.865. The van der Waals surface area contributed by atoms with Crippen molar-refractivity contribution in [1.29, 1.82) is 0 Å². The van der Waals surface area contributed by atoms with Crippen LogP contribution in [0.25, 0.3) is 0 Å². The van der Waals surface area contributed by atoms with Gasteiger partial charge < -0.3 is 5.11 Å². The third-order valence-corrected chi connectivity index (χ3v) is 2.89. The number of hydrogen-bond donors (Lipinski definition) is 1. The molecule has 58 valence electrons. The van der Waals surface area contributed by atoms with Crippen LogP contribution in [0.3, 0.4) is 0 Å². The number of fused-ring (bicyclic) bond motifs is 2. The van der Waals surface area contributed by atoms with Crippen LogP contribution in [0.5, 0.6) is 0 Å². The first-order valence-corrected chi connectivity index (χ1v) is 4.02. The maximum atomic E-state index is 13.3. The molecular weight excluding hydrogens is 131 g/mol. The van der Waals surface area contributed by atoms with Gasteiger partial charge in [0, 0.05) is 6.61 Å². The van der Waals surface area contributed by atoms with Gasteiger partial charge in [0.05, 0.1) is 0 Å². The van der Waals surface area contributed by atoms with Crippen LogP contribution in [0.2, 0.25) is 0 Å². The van der Waals surface area contributed by atoms with Gasteiger partial charge in [0.2, 0.25) is 0 Å². The second-order valence-electron chi connectivity index (χ2n) is 3.91. The van der Waals surface area contributed by atoms with E-state index in [0.29, 0.717) is 12.3 Å². The van der Waals surface area contributed by atoms with E-state index in [1.54, 1.807) is 0 Å². The zero-order valence-electron chi connectivity index (χ0n) is 6.02. The van der Waals surface area contributed by atoms with Crippen molar-refractivity contribution in [2.45, 2.75) is 31.4 Å². The fourth-order valence-corrected chi connectivity index (χ4v) is 2.52. The molecule has 3 aliphatic carbocycles. The van der Waals surface area contributed by atoms with E-state index < -0.39 is 5.67 Å². The molecule has 0 aromatic carbocycles. The molecule has 1 unspecified atom stereocenters. The van der Waals surface area contributed by atoms with E-state index in [9.17, 15) is 4.39 Å². The Morgan fingerprint density at radius 2 is 2.10 bits per heavy atom. The van der Waals surface area contributed by atoms with Gasteiger partial charge in [-0.3, -0.25) is 0 Å². The van der Waals surface area contributed by atoms with E-state index in [0.717, 1.165) is 19.3 Å². The van der Waals surface area contributed by atoms with E-state index in [-0.39, 0.29) is 12.5 Å². The highest BCUT2D eigenvalue weighted by molar-refractivity contribution is 5.01. The minimum Gasteiger partial charge on any atom is -0.396 e. The molecule has 1 atom stereocenters.